The minimum Gasteiger partial charge on any atom is -0.480 e. The highest BCUT2D eigenvalue weighted by atomic mass is 16.6. The zero-order chi connectivity index (χ0) is 33.2. The highest BCUT2D eigenvalue weighted by Gasteiger charge is 2.50. The maximum atomic E-state index is 12.7. The van der Waals surface area contributed by atoms with Gasteiger partial charge in [0.15, 0.2) is 11.4 Å². The Morgan fingerprint density at radius 3 is 2.71 bits per heavy atom. The second-order valence-electron chi connectivity index (χ2n) is 12.7. The second-order valence-corrected chi connectivity index (χ2v) is 12.7. The lowest BCUT2D eigenvalue weighted by Crippen LogP contribution is -2.68. The van der Waals surface area contributed by atoms with Crippen molar-refractivity contribution >= 4 is 39.5 Å². The van der Waals surface area contributed by atoms with Crippen LogP contribution in [0.1, 0.15) is 36.1 Å². The Bertz CT molecular complexity index is 2110. The number of carboxylic acids is 1. The van der Waals surface area contributed by atoms with Gasteiger partial charge in [-0.3, -0.25) is 4.68 Å². The minimum atomic E-state index is -0.973. The summed E-state index contributed by atoms with van der Waals surface area (Å²) in [4.78, 5) is 30.7. The lowest BCUT2D eigenvalue weighted by atomic mass is 9.90. The Balaban J connectivity index is 1.14. The Morgan fingerprint density at radius 2 is 1.96 bits per heavy atom. The van der Waals surface area contributed by atoms with Gasteiger partial charge < -0.3 is 33.5 Å². The van der Waals surface area contributed by atoms with Crippen LogP contribution in [0.3, 0.4) is 0 Å². The fraction of sp³-hybridized carbons (Fsp3) is 0.400. The number of ether oxygens (including phenoxy) is 3. The molecule has 0 saturated carbocycles. The number of hydrogen-bond donors (Lipinski definition) is 1. The Hall–Kier alpha value is -5.19. The molecule has 1 aromatic carbocycles. The van der Waals surface area contributed by atoms with Crippen LogP contribution in [0.4, 0.5) is 11.5 Å². The Kier molecular flexibility index (Phi) is 7.23. The van der Waals surface area contributed by atoms with E-state index < -0.39 is 23.7 Å². The minimum absolute atomic E-state index is 0.0250. The molecule has 0 bridgehead atoms. The van der Waals surface area contributed by atoms with E-state index in [1.807, 2.05) is 50.4 Å². The van der Waals surface area contributed by atoms with E-state index in [9.17, 15) is 9.90 Å². The lowest BCUT2D eigenvalue weighted by Gasteiger charge is -2.53. The molecule has 4 aromatic heterocycles. The van der Waals surface area contributed by atoms with Crippen LogP contribution in [0.25, 0.3) is 22.1 Å². The second kappa shape index (κ2) is 11.5. The van der Waals surface area contributed by atoms with Gasteiger partial charge in [0, 0.05) is 42.9 Å². The summed E-state index contributed by atoms with van der Waals surface area (Å²) in [5, 5.41) is 15.7. The van der Waals surface area contributed by atoms with Gasteiger partial charge in [-0.25, -0.2) is 19.7 Å². The van der Waals surface area contributed by atoms with Gasteiger partial charge >= 0.3 is 5.97 Å². The van der Waals surface area contributed by atoms with Crippen molar-refractivity contribution in [1.82, 2.24) is 24.7 Å². The number of aromatic nitrogens is 5. The van der Waals surface area contributed by atoms with Crippen LogP contribution >= 0.6 is 0 Å². The molecule has 0 amide bonds. The maximum Gasteiger partial charge on any atom is 0.326 e. The van der Waals surface area contributed by atoms with Crippen LogP contribution in [-0.2, 0) is 21.3 Å². The number of pyridine rings is 1. The Morgan fingerprint density at radius 1 is 1.12 bits per heavy atom. The first-order valence-electron chi connectivity index (χ1n) is 16.0. The van der Waals surface area contributed by atoms with E-state index in [0.29, 0.717) is 71.8 Å². The van der Waals surface area contributed by atoms with E-state index in [4.69, 9.17) is 23.6 Å². The zero-order valence-electron chi connectivity index (χ0n) is 27.1. The van der Waals surface area contributed by atoms with Crippen LogP contribution in [-0.4, -0.2) is 92.5 Å². The first kappa shape index (κ1) is 30.2. The number of furan rings is 1. The van der Waals surface area contributed by atoms with E-state index in [1.165, 1.54) is 0 Å². The predicted molar refractivity (Wildman–Crippen MR) is 176 cm³/mol. The molecule has 1 N–H and O–H groups in total. The molecule has 246 valence electrons. The van der Waals surface area contributed by atoms with E-state index in [1.54, 1.807) is 22.7 Å². The van der Waals surface area contributed by atoms with Crippen molar-refractivity contribution in [2.75, 3.05) is 42.7 Å². The van der Waals surface area contributed by atoms with Crippen molar-refractivity contribution in [3.05, 3.63) is 65.4 Å². The fourth-order valence-corrected chi connectivity index (χ4v) is 6.85. The zero-order valence-corrected chi connectivity index (χ0v) is 27.1. The highest BCUT2D eigenvalue weighted by Crippen LogP contribution is 2.40. The van der Waals surface area contributed by atoms with Crippen molar-refractivity contribution in [3.8, 4) is 17.7 Å². The largest absolute Gasteiger partial charge is 0.480 e. The van der Waals surface area contributed by atoms with Crippen LogP contribution in [0.2, 0.25) is 0 Å². The quantitative estimate of drug-likeness (QED) is 0.278. The molecule has 0 unspecified atom stereocenters. The first-order chi connectivity index (χ1) is 23.2. The number of benzene rings is 1. The molecule has 1 spiro atoms. The third kappa shape index (κ3) is 5.08. The van der Waals surface area contributed by atoms with Gasteiger partial charge in [-0.2, -0.15) is 5.10 Å². The summed E-state index contributed by atoms with van der Waals surface area (Å²) in [6.07, 6.45) is 1.40. The number of carbonyl (C=O) groups is 1. The first-order valence-corrected chi connectivity index (χ1v) is 16.0. The molecule has 3 atom stereocenters. The smallest absolute Gasteiger partial charge is 0.326 e. The van der Waals surface area contributed by atoms with Gasteiger partial charge in [-0.15, -0.1) is 0 Å². The van der Waals surface area contributed by atoms with Crippen molar-refractivity contribution in [1.29, 1.82) is 0 Å². The SMILES string of the molecule is Cc1nc(N2C[C@@H](Oc3ncc(C#Cc4cc(C)n(C)n4)cc3N3CCOC4(COC4)[C@@H]3C)C[C@H]2C(=O)O)c2oc3ccccc3c2n1. The third-order valence-corrected chi connectivity index (χ3v) is 9.65. The molecule has 5 aromatic rings. The van der Waals surface area contributed by atoms with E-state index >= 15 is 0 Å². The summed E-state index contributed by atoms with van der Waals surface area (Å²) in [5.74, 6) is 6.75. The molecular formula is C35H35N7O6. The van der Waals surface area contributed by atoms with Crippen LogP contribution in [0, 0.1) is 25.7 Å². The van der Waals surface area contributed by atoms with Gasteiger partial charge in [0.1, 0.15) is 46.1 Å². The average molecular weight is 650 g/mol. The number of aliphatic carboxylic acids is 1. The molecule has 13 heteroatoms. The van der Waals surface area contributed by atoms with Gasteiger partial charge in [0.2, 0.25) is 5.88 Å². The summed E-state index contributed by atoms with van der Waals surface area (Å²) in [5.41, 5.74) is 4.52. The number of rotatable bonds is 5. The summed E-state index contributed by atoms with van der Waals surface area (Å²) < 4.78 is 26.4. The molecule has 0 radical (unpaired) electrons. The predicted octanol–water partition coefficient (Wildman–Crippen LogP) is 3.63. The van der Waals surface area contributed by atoms with E-state index in [2.05, 4.69) is 38.7 Å². The van der Waals surface area contributed by atoms with Gasteiger partial charge in [-0.05, 0) is 51.0 Å². The molecule has 7 heterocycles. The third-order valence-electron chi connectivity index (χ3n) is 9.65. The van der Waals surface area contributed by atoms with E-state index in [0.717, 1.165) is 16.8 Å². The molecule has 3 aliphatic rings. The Labute approximate surface area is 276 Å². The number of aryl methyl sites for hydroxylation is 3. The van der Waals surface area contributed by atoms with Crippen molar-refractivity contribution in [3.63, 3.8) is 0 Å². The molecule has 3 aliphatic heterocycles. The monoisotopic (exact) mass is 649 g/mol. The summed E-state index contributed by atoms with van der Waals surface area (Å²) >= 11 is 0. The van der Waals surface area contributed by atoms with Crippen molar-refractivity contribution < 1.29 is 28.5 Å². The molecule has 13 nitrogen and oxygen atoms in total. The summed E-state index contributed by atoms with van der Waals surface area (Å²) in [6.45, 7) is 8.33. The maximum absolute atomic E-state index is 12.7. The highest BCUT2D eigenvalue weighted by molar-refractivity contribution is 6.06. The number of anilines is 2. The number of fused-ring (bicyclic) bond motifs is 3. The van der Waals surface area contributed by atoms with Gasteiger partial charge in [0.05, 0.1) is 32.4 Å². The number of para-hydroxylation sites is 1. The standard InChI is InChI=1S/C35H35N7O6/c1-20-13-24(39-40(20)4)10-9-23-14-27(41-11-12-46-35(21(41)2)18-45-19-35)33(36-16-23)47-25-15-28(34(43)44)42(17-25)32-31-30(37-22(3)38-32)26-7-5-6-8-29(26)48-31/h5-8,13-14,16,21,25,28H,11-12,15,17-19H2,1-4H3,(H,43,44)/t21-,25-,28-/m0/s1. The normalized spacial score (nSPS) is 21.8. The number of nitrogens with zero attached hydrogens (tertiary/aromatic N) is 7. The topological polar surface area (TPSA) is 141 Å². The van der Waals surface area contributed by atoms with Gasteiger partial charge in [-0.1, -0.05) is 18.1 Å². The molecule has 48 heavy (non-hydrogen) atoms. The number of carboxylic acid groups (broad SMARTS) is 1. The molecule has 0 aliphatic carbocycles. The molecular weight excluding hydrogens is 614 g/mol. The van der Waals surface area contributed by atoms with E-state index in [-0.39, 0.29) is 19.0 Å². The molecule has 3 saturated heterocycles. The lowest BCUT2D eigenvalue weighted by molar-refractivity contribution is -0.228. The molecule has 8 rings (SSSR count). The molecule has 3 fully saturated rings. The summed E-state index contributed by atoms with van der Waals surface area (Å²) in [6, 6.07) is 10.6. The summed E-state index contributed by atoms with van der Waals surface area (Å²) in [7, 11) is 1.89. The van der Waals surface area contributed by atoms with Gasteiger partial charge in [0.25, 0.3) is 0 Å². The number of morpholine rings is 1. The number of hydrogen-bond acceptors (Lipinski definition) is 11. The van der Waals surface area contributed by atoms with Crippen molar-refractivity contribution in [2.45, 2.75) is 51.0 Å². The van der Waals surface area contributed by atoms with Crippen molar-refractivity contribution in [2.24, 2.45) is 7.05 Å². The van der Waals surface area contributed by atoms with Crippen LogP contribution < -0.4 is 14.5 Å². The van der Waals surface area contributed by atoms with Crippen LogP contribution in [0.15, 0.2) is 47.0 Å². The average Bonchev–Trinajstić information content (AvgIpc) is 3.74. The van der Waals surface area contributed by atoms with Crippen LogP contribution in [0.5, 0.6) is 5.88 Å². The fourth-order valence-electron chi connectivity index (χ4n) is 6.85.